The van der Waals surface area contributed by atoms with Crippen molar-refractivity contribution in [3.8, 4) is 0 Å². The van der Waals surface area contributed by atoms with Crippen molar-refractivity contribution < 1.29 is 22.8 Å². The molecule has 0 saturated heterocycles. The number of carbonyl (C=O) groups is 2. The number of carbonyl (C=O) groups excluding carboxylic acids is 2. The zero-order chi connectivity index (χ0) is 30.2. The van der Waals surface area contributed by atoms with Gasteiger partial charge in [-0.3, -0.25) is 9.59 Å². The van der Waals surface area contributed by atoms with Crippen LogP contribution in [0.5, 0.6) is 0 Å². The van der Waals surface area contributed by atoms with Crippen LogP contribution in [-0.4, -0.2) is 61.1 Å². The van der Waals surface area contributed by atoms with Gasteiger partial charge in [0.1, 0.15) is 4.88 Å². The number of benzene rings is 2. The van der Waals surface area contributed by atoms with E-state index in [4.69, 9.17) is 11.6 Å². The summed E-state index contributed by atoms with van der Waals surface area (Å²) in [6, 6.07) is 10.6. The predicted octanol–water partition coefficient (Wildman–Crippen LogP) is 6.52. The van der Waals surface area contributed by atoms with Crippen LogP contribution >= 0.6 is 22.9 Å². The summed E-state index contributed by atoms with van der Waals surface area (Å²) in [5, 5.41) is 7.91. The van der Waals surface area contributed by atoms with Gasteiger partial charge in [0.15, 0.2) is 0 Å². The van der Waals surface area contributed by atoms with E-state index < -0.39 is 22.7 Å². The van der Waals surface area contributed by atoms with Gasteiger partial charge in [0.25, 0.3) is 11.8 Å². The minimum Gasteiger partial charge on any atom is -0.320 e. The van der Waals surface area contributed by atoms with Crippen molar-refractivity contribution in [2.24, 2.45) is 5.10 Å². The van der Waals surface area contributed by atoms with Crippen molar-refractivity contribution in [2.45, 2.75) is 33.5 Å². The molecule has 1 heterocycles. The maximum absolute atomic E-state index is 13.1. The molecule has 0 radical (unpaired) electrons. The Kier molecular flexibility index (Phi) is 11.5. The Morgan fingerprint density at radius 2 is 1.80 bits per heavy atom. The summed E-state index contributed by atoms with van der Waals surface area (Å²) in [6.07, 6.45) is -3.53. The van der Waals surface area contributed by atoms with Crippen molar-refractivity contribution in [3.63, 3.8) is 0 Å². The van der Waals surface area contributed by atoms with E-state index in [1.54, 1.807) is 18.4 Å². The Labute approximate surface area is 247 Å². The van der Waals surface area contributed by atoms with Gasteiger partial charge in [0.2, 0.25) is 0 Å². The molecule has 0 aliphatic heterocycles. The first-order valence-corrected chi connectivity index (χ1v) is 14.3. The van der Waals surface area contributed by atoms with Crippen LogP contribution < -0.4 is 10.7 Å². The molecule has 1 aromatic heterocycles. The Morgan fingerprint density at radius 3 is 2.49 bits per heavy atom. The molecule has 7 nitrogen and oxygen atoms in total. The van der Waals surface area contributed by atoms with Crippen LogP contribution in [0.2, 0.25) is 5.02 Å². The first kappa shape index (κ1) is 32.3. The number of aryl methyl sites for hydroxylation is 1. The highest BCUT2D eigenvalue weighted by Gasteiger charge is 2.33. The lowest BCUT2D eigenvalue weighted by atomic mass is 10.1. The molecule has 0 atom stereocenters. The van der Waals surface area contributed by atoms with Crippen molar-refractivity contribution in [1.29, 1.82) is 0 Å². The van der Waals surface area contributed by atoms with Gasteiger partial charge in [-0.05, 0) is 73.4 Å². The zero-order valence-corrected chi connectivity index (χ0v) is 24.9. The summed E-state index contributed by atoms with van der Waals surface area (Å²) in [5.74, 6) is -0.972. The number of hydrazone groups is 1. The third-order valence-corrected chi connectivity index (χ3v) is 7.86. The molecule has 0 saturated carbocycles. The average Bonchev–Trinajstić information content (AvgIpc) is 3.29. The summed E-state index contributed by atoms with van der Waals surface area (Å²) in [7, 11) is 2.04. The number of nitrogens with one attached hydrogen (secondary N) is 2. The van der Waals surface area contributed by atoms with E-state index >= 15 is 0 Å². The van der Waals surface area contributed by atoms with E-state index in [0.29, 0.717) is 23.4 Å². The highest BCUT2D eigenvalue weighted by atomic mass is 35.5. The van der Waals surface area contributed by atoms with Crippen LogP contribution in [0.15, 0.2) is 52.9 Å². The highest BCUT2D eigenvalue weighted by Crippen LogP contribution is 2.35. The summed E-state index contributed by atoms with van der Waals surface area (Å²) < 4.78 is 39.3. The SMILES string of the molecule is CCN(CC)CCN(C)Cc1cccc(C(=O)Nc2c(C)csc2C(=O)N/N=C\c2ccc(Cl)c(C(F)(F)F)c2)c1. The maximum Gasteiger partial charge on any atom is 0.417 e. The fraction of sp³-hybridized carbons (Fsp3) is 0.345. The number of rotatable bonds is 12. The smallest absolute Gasteiger partial charge is 0.320 e. The molecule has 220 valence electrons. The molecule has 0 bridgehead atoms. The molecule has 2 N–H and O–H groups in total. The normalized spacial score (nSPS) is 12.0. The molecule has 0 aliphatic carbocycles. The molecule has 0 fully saturated rings. The van der Waals surface area contributed by atoms with Gasteiger partial charge in [-0.25, -0.2) is 5.43 Å². The van der Waals surface area contributed by atoms with Crippen molar-refractivity contribution in [2.75, 3.05) is 38.5 Å². The standard InChI is InChI=1S/C29H33ClF3N5O2S/c1-5-38(6-2)13-12-37(4)17-21-8-7-9-22(14-21)27(39)35-25-19(3)18-41-26(25)28(40)36-34-16-20-10-11-24(30)23(15-20)29(31,32)33/h7-11,14-16,18H,5-6,12-13,17H2,1-4H3,(H,35,39)(H,36,40)/b34-16-. The number of halogens is 4. The molecular formula is C29H33ClF3N5O2S. The molecule has 0 spiro atoms. The molecule has 12 heteroatoms. The van der Waals surface area contributed by atoms with Gasteiger partial charge in [0.05, 0.1) is 22.5 Å². The first-order chi connectivity index (χ1) is 19.4. The second-order valence-electron chi connectivity index (χ2n) is 9.48. The summed E-state index contributed by atoms with van der Waals surface area (Å²) in [6.45, 7) is 10.6. The van der Waals surface area contributed by atoms with Gasteiger partial charge >= 0.3 is 6.18 Å². The maximum atomic E-state index is 13.1. The largest absolute Gasteiger partial charge is 0.417 e. The van der Waals surface area contributed by atoms with Crippen LogP contribution in [0.25, 0.3) is 0 Å². The average molecular weight is 608 g/mol. The molecule has 0 aliphatic rings. The third kappa shape index (κ3) is 9.12. The Morgan fingerprint density at radius 1 is 1.07 bits per heavy atom. The molecule has 3 rings (SSSR count). The van der Waals surface area contributed by atoms with Crippen LogP contribution in [0.1, 0.15) is 56.1 Å². The number of nitrogens with zero attached hydrogens (tertiary/aromatic N) is 3. The van der Waals surface area contributed by atoms with Crippen molar-refractivity contribution in [3.05, 3.63) is 85.6 Å². The van der Waals surface area contributed by atoms with E-state index in [2.05, 4.69) is 39.5 Å². The topological polar surface area (TPSA) is 77.0 Å². The lowest BCUT2D eigenvalue weighted by Crippen LogP contribution is -2.32. The van der Waals surface area contributed by atoms with E-state index in [0.717, 1.165) is 61.4 Å². The predicted molar refractivity (Wildman–Crippen MR) is 159 cm³/mol. The summed E-state index contributed by atoms with van der Waals surface area (Å²) in [4.78, 5) is 30.7. The summed E-state index contributed by atoms with van der Waals surface area (Å²) >= 11 is 6.76. The zero-order valence-electron chi connectivity index (χ0n) is 23.3. The Bertz CT molecular complexity index is 1390. The third-order valence-electron chi connectivity index (χ3n) is 6.43. The minimum atomic E-state index is -4.62. The van der Waals surface area contributed by atoms with Gasteiger partial charge in [-0.15, -0.1) is 11.3 Å². The number of thiophene rings is 1. The number of hydrogen-bond donors (Lipinski definition) is 2. The fourth-order valence-corrected chi connectivity index (χ4v) is 5.18. The van der Waals surface area contributed by atoms with E-state index in [9.17, 15) is 22.8 Å². The van der Waals surface area contributed by atoms with Gasteiger partial charge in [-0.2, -0.15) is 18.3 Å². The molecule has 2 amide bonds. The lowest BCUT2D eigenvalue weighted by Gasteiger charge is -2.23. The second kappa shape index (κ2) is 14.6. The Hall–Kier alpha value is -3.25. The van der Waals surface area contributed by atoms with Gasteiger partial charge in [0, 0.05) is 25.2 Å². The molecular weight excluding hydrogens is 575 g/mol. The number of alkyl halides is 3. The number of likely N-dealkylation sites (N-methyl/N-ethyl adjacent to an activating group) is 2. The number of hydrogen-bond acceptors (Lipinski definition) is 6. The van der Waals surface area contributed by atoms with E-state index in [1.807, 2.05) is 25.2 Å². The van der Waals surface area contributed by atoms with Crippen LogP contribution in [-0.2, 0) is 12.7 Å². The molecule has 2 aromatic carbocycles. The van der Waals surface area contributed by atoms with Crippen LogP contribution in [0.4, 0.5) is 18.9 Å². The quantitative estimate of drug-likeness (QED) is 0.182. The van der Waals surface area contributed by atoms with E-state index in [1.165, 1.54) is 6.07 Å². The van der Waals surface area contributed by atoms with Gasteiger partial charge in [-0.1, -0.05) is 43.6 Å². The monoisotopic (exact) mass is 607 g/mol. The fourth-order valence-electron chi connectivity index (χ4n) is 4.06. The van der Waals surface area contributed by atoms with Crippen molar-refractivity contribution in [1.82, 2.24) is 15.2 Å². The van der Waals surface area contributed by atoms with Crippen LogP contribution in [0.3, 0.4) is 0 Å². The first-order valence-electron chi connectivity index (χ1n) is 13.0. The number of amides is 2. The summed E-state index contributed by atoms with van der Waals surface area (Å²) in [5.41, 5.74) is 3.91. The minimum absolute atomic E-state index is 0.108. The molecule has 3 aromatic rings. The number of anilines is 1. The highest BCUT2D eigenvalue weighted by molar-refractivity contribution is 7.13. The van der Waals surface area contributed by atoms with E-state index in [-0.39, 0.29) is 16.3 Å². The lowest BCUT2D eigenvalue weighted by molar-refractivity contribution is -0.137. The molecule has 0 unspecified atom stereocenters. The second-order valence-corrected chi connectivity index (χ2v) is 10.8. The van der Waals surface area contributed by atoms with Gasteiger partial charge < -0.3 is 15.1 Å². The Balaban J connectivity index is 1.66. The van der Waals surface area contributed by atoms with Crippen molar-refractivity contribution >= 4 is 46.7 Å². The van der Waals surface area contributed by atoms with Crippen LogP contribution in [0, 0.1) is 6.92 Å². The molecule has 41 heavy (non-hydrogen) atoms.